The Hall–Kier alpha value is -0.240. The molecular weight excluding hydrogens is 152 g/mol. The van der Waals surface area contributed by atoms with Crippen LogP contribution in [0, 0.1) is 11.3 Å². The molecule has 1 aliphatic carbocycles. The maximum atomic E-state index is 10.9. The lowest BCUT2D eigenvalue weighted by Crippen LogP contribution is -2.07. The maximum absolute atomic E-state index is 10.9. The predicted molar refractivity (Wildman–Crippen MR) is 38.9 cm³/mol. The van der Waals surface area contributed by atoms with Crippen molar-refractivity contribution in [3.05, 3.63) is 0 Å². The van der Waals surface area contributed by atoms with E-state index in [2.05, 4.69) is 4.74 Å². The third-order valence-corrected chi connectivity index (χ3v) is 2.97. The molecule has 1 saturated carbocycles. The van der Waals surface area contributed by atoms with Gasteiger partial charge in [-0.15, -0.1) is 11.6 Å². The number of rotatable bonds is 1. The highest BCUT2D eigenvalue weighted by Crippen LogP contribution is 2.56. The van der Waals surface area contributed by atoms with Crippen LogP contribution < -0.4 is 0 Å². The molecule has 1 fully saturated rings. The first-order valence-electron chi connectivity index (χ1n) is 3.23. The molecule has 0 aromatic rings. The van der Waals surface area contributed by atoms with Crippen LogP contribution >= 0.6 is 11.6 Å². The van der Waals surface area contributed by atoms with E-state index in [9.17, 15) is 4.79 Å². The number of carbonyl (C=O) groups excluding carboxylic acids is 1. The van der Waals surface area contributed by atoms with Gasteiger partial charge in [0.05, 0.1) is 18.4 Å². The topological polar surface area (TPSA) is 26.3 Å². The second kappa shape index (κ2) is 2.12. The van der Waals surface area contributed by atoms with Crippen LogP contribution in [0.3, 0.4) is 0 Å². The molecule has 58 valence electrons. The molecule has 0 radical (unpaired) electrons. The van der Waals surface area contributed by atoms with Gasteiger partial charge in [-0.2, -0.15) is 0 Å². The second-order valence-electron chi connectivity index (χ2n) is 3.22. The smallest absolute Gasteiger partial charge is 0.310 e. The molecule has 2 nitrogen and oxygen atoms in total. The summed E-state index contributed by atoms with van der Waals surface area (Å²) in [6.07, 6.45) is 0. The fraction of sp³-hybridized carbons (Fsp3) is 0.857. The molecular formula is C7H11ClO2. The Kier molecular flexibility index (Phi) is 1.67. The van der Waals surface area contributed by atoms with Crippen molar-refractivity contribution in [2.75, 3.05) is 7.11 Å². The minimum absolute atomic E-state index is 0.0417. The van der Waals surface area contributed by atoms with Crippen molar-refractivity contribution in [3.63, 3.8) is 0 Å². The van der Waals surface area contributed by atoms with Crippen LogP contribution in [0.4, 0.5) is 0 Å². The Bertz CT molecular complexity index is 165. The van der Waals surface area contributed by atoms with E-state index in [4.69, 9.17) is 11.6 Å². The van der Waals surface area contributed by atoms with Gasteiger partial charge < -0.3 is 4.74 Å². The number of carbonyl (C=O) groups is 1. The third-order valence-electron chi connectivity index (χ3n) is 2.15. The van der Waals surface area contributed by atoms with Crippen LogP contribution in [-0.2, 0) is 9.53 Å². The molecule has 0 unspecified atom stereocenters. The van der Waals surface area contributed by atoms with Gasteiger partial charge in [0.25, 0.3) is 0 Å². The van der Waals surface area contributed by atoms with Crippen LogP contribution in [0.25, 0.3) is 0 Å². The lowest BCUT2D eigenvalue weighted by Gasteiger charge is -1.98. The Labute approximate surface area is 65.5 Å². The van der Waals surface area contributed by atoms with Crippen molar-refractivity contribution in [2.45, 2.75) is 19.2 Å². The monoisotopic (exact) mass is 162 g/mol. The summed E-state index contributed by atoms with van der Waals surface area (Å²) in [5, 5.41) is -0.0417. The lowest BCUT2D eigenvalue weighted by molar-refractivity contribution is -0.142. The minimum atomic E-state index is -0.190. The highest BCUT2D eigenvalue weighted by Gasteiger charge is 2.61. The summed E-state index contributed by atoms with van der Waals surface area (Å²) in [6.45, 7) is 3.93. The Morgan fingerprint density at radius 3 is 2.10 bits per heavy atom. The number of hydrogen-bond donors (Lipinski definition) is 0. The van der Waals surface area contributed by atoms with Crippen molar-refractivity contribution in [1.82, 2.24) is 0 Å². The van der Waals surface area contributed by atoms with Crippen molar-refractivity contribution in [1.29, 1.82) is 0 Å². The van der Waals surface area contributed by atoms with E-state index >= 15 is 0 Å². The van der Waals surface area contributed by atoms with Gasteiger partial charge in [-0.3, -0.25) is 4.79 Å². The van der Waals surface area contributed by atoms with Gasteiger partial charge >= 0.3 is 5.97 Å². The highest BCUT2D eigenvalue weighted by molar-refractivity contribution is 6.25. The molecule has 3 heteroatoms. The molecule has 0 bridgehead atoms. The molecule has 0 N–H and O–H groups in total. The molecule has 2 atom stereocenters. The predicted octanol–water partition coefficient (Wildman–Crippen LogP) is 1.42. The number of ether oxygens (including phenoxy) is 1. The second-order valence-corrected chi connectivity index (χ2v) is 3.69. The lowest BCUT2D eigenvalue weighted by atomic mass is 10.1. The average Bonchev–Trinajstić information content (AvgIpc) is 2.33. The first-order chi connectivity index (χ1) is 4.51. The Morgan fingerprint density at radius 1 is 1.60 bits per heavy atom. The van der Waals surface area contributed by atoms with Gasteiger partial charge in [0.1, 0.15) is 0 Å². The van der Waals surface area contributed by atoms with Gasteiger partial charge in [0, 0.05) is 0 Å². The molecule has 0 aromatic heterocycles. The molecule has 0 aromatic carbocycles. The molecule has 1 rings (SSSR count). The molecule has 0 saturated heterocycles. The van der Waals surface area contributed by atoms with E-state index in [1.165, 1.54) is 7.11 Å². The summed E-state index contributed by atoms with van der Waals surface area (Å²) in [5.74, 6) is -0.288. The number of esters is 1. The average molecular weight is 163 g/mol. The van der Waals surface area contributed by atoms with Gasteiger partial charge in [0.2, 0.25) is 0 Å². The quantitative estimate of drug-likeness (QED) is 0.431. The summed E-state index contributed by atoms with van der Waals surface area (Å²) >= 11 is 5.82. The van der Waals surface area contributed by atoms with Crippen LogP contribution in [0.5, 0.6) is 0 Å². The zero-order chi connectivity index (χ0) is 7.94. The van der Waals surface area contributed by atoms with Crippen molar-refractivity contribution >= 4 is 17.6 Å². The van der Waals surface area contributed by atoms with Gasteiger partial charge in [0.15, 0.2) is 0 Å². The normalized spacial score (nSPS) is 35.2. The van der Waals surface area contributed by atoms with E-state index in [1.807, 2.05) is 13.8 Å². The van der Waals surface area contributed by atoms with Crippen molar-refractivity contribution < 1.29 is 9.53 Å². The van der Waals surface area contributed by atoms with Crippen molar-refractivity contribution in [2.24, 2.45) is 11.3 Å². The first-order valence-corrected chi connectivity index (χ1v) is 3.67. The number of hydrogen-bond acceptors (Lipinski definition) is 2. The van der Waals surface area contributed by atoms with Crippen LogP contribution in [0.1, 0.15) is 13.8 Å². The molecule has 0 heterocycles. The van der Waals surface area contributed by atoms with Gasteiger partial charge in [-0.25, -0.2) is 0 Å². The fourth-order valence-electron chi connectivity index (χ4n) is 1.13. The van der Waals surface area contributed by atoms with E-state index in [0.29, 0.717) is 0 Å². The standard InChI is InChI=1S/C7H11ClO2/c1-7(2)4(5(7)8)6(9)10-3/h4-5H,1-3H3/t4-,5+/m1/s1. The summed E-state index contributed by atoms with van der Waals surface area (Å²) < 4.78 is 4.56. The highest BCUT2D eigenvalue weighted by atomic mass is 35.5. The summed E-state index contributed by atoms with van der Waals surface area (Å²) in [6, 6.07) is 0. The third kappa shape index (κ3) is 0.908. The zero-order valence-corrected chi connectivity index (χ0v) is 7.11. The summed E-state index contributed by atoms with van der Waals surface area (Å²) in [7, 11) is 1.39. The molecule has 0 aliphatic heterocycles. The maximum Gasteiger partial charge on any atom is 0.310 e. The minimum Gasteiger partial charge on any atom is -0.469 e. The van der Waals surface area contributed by atoms with E-state index < -0.39 is 0 Å². The summed E-state index contributed by atoms with van der Waals surface area (Å²) in [5.41, 5.74) is -0.0609. The molecule has 0 spiro atoms. The first kappa shape index (κ1) is 7.86. The Balaban J connectivity index is 2.57. The number of alkyl halides is 1. The van der Waals surface area contributed by atoms with E-state index in [-0.39, 0.29) is 22.7 Å². The number of halogens is 1. The molecule has 10 heavy (non-hydrogen) atoms. The fourth-order valence-corrected chi connectivity index (χ4v) is 1.62. The molecule has 0 amide bonds. The summed E-state index contributed by atoms with van der Waals surface area (Å²) in [4.78, 5) is 10.9. The van der Waals surface area contributed by atoms with Crippen LogP contribution in [0.2, 0.25) is 0 Å². The SMILES string of the molecule is COC(=O)[C@H]1[C@H](Cl)C1(C)C. The van der Waals surface area contributed by atoms with Gasteiger partial charge in [-0.05, 0) is 5.41 Å². The van der Waals surface area contributed by atoms with Crippen LogP contribution in [-0.4, -0.2) is 18.5 Å². The van der Waals surface area contributed by atoms with E-state index in [1.54, 1.807) is 0 Å². The van der Waals surface area contributed by atoms with Crippen molar-refractivity contribution in [3.8, 4) is 0 Å². The Morgan fingerprint density at radius 2 is 2.00 bits per heavy atom. The van der Waals surface area contributed by atoms with E-state index in [0.717, 1.165) is 0 Å². The zero-order valence-electron chi connectivity index (χ0n) is 6.35. The van der Waals surface area contributed by atoms with Crippen LogP contribution in [0.15, 0.2) is 0 Å². The largest absolute Gasteiger partial charge is 0.469 e. The molecule has 1 aliphatic rings. The van der Waals surface area contributed by atoms with Gasteiger partial charge in [-0.1, -0.05) is 13.8 Å². The number of methoxy groups -OCH3 is 1.